The average Bonchev–Trinajstić information content (AvgIpc) is 2.64. The van der Waals surface area contributed by atoms with Gasteiger partial charge in [-0.25, -0.2) is 9.97 Å². The molecule has 28 heavy (non-hydrogen) atoms. The standard InChI is InChI=1S/C22H28Cl2N4/c1-3-28-8-4-5-17(14-28)11-19-9-15(2)26-22(27-19)13-18(25)10-16-6-7-20(23)21(24)12-16/h6-7,9,12,17,25H,3-5,8,10-11,13-14H2,1-2H3/p+2. The fraction of sp³-hybridized carbons (Fsp3) is 0.500. The molecule has 1 aliphatic rings. The van der Waals surface area contributed by atoms with Crippen molar-refractivity contribution in [3.8, 4) is 0 Å². The maximum Gasteiger partial charge on any atom is 0.161 e. The van der Waals surface area contributed by atoms with Crippen molar-refractivity contribution in [3.63, 3.8) is 0 Å². The molecule has 0 saturated carbocycles. The quantitative estimate of drug-likeness (QED) is 0.672. The van der Waals surface area contributed by atoms with E-state index in [1.54, 1.807) is 11.0 Å². The van der Waals surface area contributed by atoms with Gasteiger partial charge >= 0.3 is 0 Å². The first-order chi connectivity index (χ1) is 13.4. The highest BCUT2D eigenvalue weighted by Crippen LogP contribution is 2.23. The van der Waals surface area contributed by atoms with Crippen LogP contribution in [0, 0.1) is 12.8 Å². The lowest BCUT2D eigenvalue weighted by atomic mass is 9.93. The first-order valence-electron chi connectivity index (χ1n) is 10.1. The first kappa shape index (κ1) is 21.2. The topological polar surface area (TPSA) is 55.8 Å². The maximum atomic E-state index is 6.30. The summed E-state index contributed by atoms with van der Waals surface area (Å²) >= 11 is 12.1. The summed E-state index contributed by atoms with van der Waals surface area (Å²) in [5.41, 5.74) is 4.03. The molecular weight excluding hydrogens is 391 g/mol. The molecule has 1 fully saturated rings. The van der Waals surface area contributed by atoms with Crippen LogP contribution >= 0.6 is 23.2 Å². The highest BCUT2D eigenvalue weighted by atomic mass is 35.5. The summed E-state index contributed by atoms with van der Waals surface area (Å²) < 4.78 is 0. The van der Waals surface area contributed by atoms with E-state index in [1.165, 1.54) is 32.5 Å². The molecule has 1 aromatic heterocycles. The molecule has 2 heterocycles. The molecule has 2 atom stereocenters. The summed E-state index contributed by atoms with van der Waals surface area (Å²) in [5, 5.41) is 7.41. The van der Waals surface area contributed by atoms with Gasteiger partial charge in [0.2, 0.25) is 0 Å². The Bertz CT molecular complexity index is 837. The number of rotatable bonds is 7. The molecule has 150 valence electrons. The summed E-state index contributed by atoms with van der Waals surface area (Å²) in [6.07, 6.45) is 4.86. The Balaban J connectivity index is 1.63. The molecule has 1 saturated heterocycles. The van der Waals surface area contributed by atoms with Crippen LogP contribution in [-0.2, 0) is 19.3 Å². The molecule has 2 aromatic rings. The molecule has 1 aliphatic heterocycles. The smallest absolute Gasteiger partial charge is 0.161 e. The van der Waals surface area contributed by atoms with Crippen molar-refractivity contribution in [2.24, 2.45) is 5.92 Å². The van der Waals surface area contributed by atoms with E-state index in [0.29, 0.717) is 28.8 Å². The van der Waals surface area contributed by atoms with Gasteiger partial charge in [-0.3, -0.25) is 5.41 Å². The van der Waals surface area contributed by atoms with E-state index >= 15 is 0 Å². The number of aryl methyl sites for hydroxylation is 1. The van der Waals surface area contributed by atoms with Crippen molar-refractivity contribution in [2.75, 3.05) is 19.6 Å². The molecular formula is C22H30Cl2N4+2. The highest BCUT2D eigenvalue weighted by Gasteiger charge is 2.23. The average molecular weight is 421 g/mol. The van der Waals surface area contributed by atoms with Gasteiger partial charge in [0.15, 0.2) is 5.71 Å². The zero-order valence-electron chi connectivity index (χ0n) is 16.8. The van der Waals surface area contributed by atoms with Crippen molar-refractivity contribution < 1.29 is 10.3 Å². The molecule has 4 nitrogen and oxygen atoms in total. The third kappa shape index (κ3) is 6.00. The number of likely N-dealkylation sites (tertiary alicyclic amines) is 1. The summed E-state index contributed by atoms with van der Waals surface area (Å²) in [6.45, 7) is 8.08. The van der Waals surface area contributed by atoms with Crippen LogP contribution in [0.15, 0.2) is 24.3 Å². The van der Waals surface area contributed by atoms with Crippen LogP contribution < -0.4 is 10.3 Å². The summed E-state index contributed by atoms with van der Waals surface area (Å²) in [4.78, 5) is 11.1. The molecule has 6 heteroatoms. The van der Waals surface area contributed by atoms with Gasteiger partial charge in [0, 0.05) is 17.3 Å². The number of benzene rings is 1. The maximum absolute atomic E-state index is 6.30. The minimum atomic E-state index is 0.553. The van der Waals surface area contributed by atoms with Crippen LogP contribution in [0.2, 0.25) is 10.0 Å². The van der Waals surface area contributed by atoms with Crippen molar-refractivity contribution in [3.05, 3.63) is 57.1 Å². The van der Waals surface area contributed by atoms with Gasteiger partial charge in [-0.2, -0.15) is 0 Å². The van der Waals surface area contributed by atoms with Crippen LogP contribution in [0.1, 0.15) is 42.5 Å². The minimum Gasteiger partial charge on any atom is -0.335 e. The van der Waals surface area contributed by atoms with E-state index in [4.69, 9.17) is 33.6 Å². The molecule has 0 amide bonds. The largest absolute Gasteiger partial charge is 0.335 e. The highest BCUT2D eigenvalue weighted by molar-refractivity contribution is 6.42. The second-order valence-corrected chi connectivity index (χ2v) is 8.76. The number of piperidine rings is 1. The van der Waals surface area contributed by atoms with Gasteiger partial charge < -0.3 is 4.90 Å². The number of hydrogen-bond donors (Lipinski definition) is 2. The number of halogens is 2. The minimum absolute atomic E-state index is 0.553. The summed E-state index contributed by atoms with van der Waals surface area (Å²) in [5.74, 6) is 1.52. The zero-order chi connectivity index (χ0) is 20.1. The number of hydrogen-bond acceptors (Lipinski definition) is 2. The van der Waals surface area contributed by atoms with E-state index in [9.17, 15) is 0 Å². The Hall–Kier alpha value is -1.49. The Labute approximate surface area is 177 Å². The number of quaternary nitrogens is 1. The molecule has 0 bridgehead atoms. The molecule has 2 unspecified atom stereocenters. The van der Waals surface area contributed by atoms with Gasteiger partial charge in [0.1, 0.15) is 5.82 Å². The van der Waals surface area contributed by atoms with E-state index in [1.807, 2.05) is 19.1 Å². The van der Waals surface area contributed by atoms with E-state index in [0.717, 1.165) is 34.9 Å². The Kier molecular flexibility index (Phi) is 7.44. The molecule has 3 rings (SSSR count). The van der Waals surface area contributed by atoms with Gasteiger partial charge in [0.05, 0.1) is 42.5 Å². The zero-order valence-corrected chi connectivity index (χ0v) is 18.3. The molecule has 3 N–H and O–H groups in total. The van der Waals surface area contributed by atoms with Crippen LogP contribution in [0.25, 0.3) is 0 Å². The SMILES string of the molecule is CC[NH+]1CCCC(Cc2cc(C)nc(CC(=[NH2+])Cc3ccc(Cl)c(Cl)c3)n2)C1. The molecule has 0 radical (unpaired) electrons. The summed E-state index contributed by atoms with van der Waals surface area (Å²) in [6, 6.07) is 7.75. The Morgan fingerprint density at radius 2 is 2.00 bits per heavy atom. The monoisotopic (exact) mass is 420 g/mol. The normalized spacial score (nSPS) is 19.6. The summed E-state index contributed by atoms with van der Waals surface area (Å²) in [7, 11) is 0. The van der Waals surface area contributed by atoms with E-state index < -0.39 is 0 Å². The van der Waals surface area contributed by atoms with Crippen LogP contribution in [0.4, 0.5) is 0 Å². The van der Waals surface area contributed by atoms with E-state index in [2.05, 4.69) is 18.0 Å². The fourth-order valence-electron chi connectivity index (χ4n) is 4.11. The Morgan fingerprint density at radius 3 is 2.75 bits per heavy atom. The van der Waals surface area contributed by atoms with Crippen LogP contribution in [0.3, 0.4) is 0 Å². The third-order valence-corrected chi connectivity index (χ3v) is 6.21. The predicted molar refractivity (Wildman–Crippen MR) is 115 cm³/mol. The third-order valence-electron chi connectivity index (χ3n) is 5.47. The van der Waals surface area contributed by atoms with Crippen molar-refractivity contribution in [1.29, 1.82) is 0 Å². The van der Waals surface area contributed by atoms with Crippen LogP contribution in [-0.4, -0.2) is 35.3 Å². The van der Waals surface area contributed by atoms with Gasteiger partial charge in [-0.05, 0) is 56.9 Å². The number of aromatic nitrogens is 2. The Morgan fingerprint density at radius 1 is 1.18 bits per heavy atom. The second-order valence-electron chi connectivity index (χ2n) is 7.95. The first-order valence-corrected chi connectivity index (χ1v) is 10.9. The fourth-order valence-corrected chi connectivity index (χ4v) is 4.43. The van der Waals surface area contributed by atoms with Gasteiger partial charge in [0.25, 0.3) is 0 Å². The van der Waals surface area contributed by atoms with E-state index in [-0.39, 0.29) is 0 Å². The molecule has 0 aliphatic carbocycles. The van der Waals surface area contributed by atoms with Gasteiger partial charge in [-0.15, -0.1) is 0 Å². The lowest BCUT2D eigenvalue weighted by Gasteiger charge is -2.28. The molecule has 0 spiro atoms. The van der Waals surface area contributed by atoms with Crippen molar-refractivity contribution in [1.82, 2.24) is 9.97 Å². The number of nitrogens with two attached hydrogens (primary N) is 1. The number of nitrogens with zero attached hydrogens (tertiary/aromatic N) is 2. The van der Waals surface area contributed by atoms with Crippen molar-refractivity contribution >= 4 is 28.9 Å². The predicted octanol–water partition coefficient (Wildman–Crippen LogP) is 1.93. The van der Waals surface area contributed by atoms with Crippen molar-refractivity contribution in [2.45, 2.75) is 46.0 Å². The number of nitrogens with one attached hydrogen (secondary N) is 1. The van der Waals surface area contributed by atoms with Crippen LogP contribution in [0.5, 0.6) is 0 Å². The second kappa shape index (κ2) is 9.82. The lowest BCUT2D eigenvalue weighted by molar-refractivity contribution is -0.907. The molecule has 1 aromatic carbocycles. The lowest BCUT2D eigenvalue weighted by Crippen LogP contribution is -3.13. The van der Waals surface area contributed by atoms with Gasteiger partial charge in [-0.1, -0.05) is 29.3 Å².